The quantitative estimate of drug-likeness (QED) is 0.598. The molecule has 1 aliphatic rings. The number of nitrogens with zero attached hydrogens (tertiary/aromatic N) is 5. The highest BCUT2D eigenvalue weighted by Crippen LogP contribution is 2.30. The van der Waals surface area contributed by atoms with E-state index in [1.807, 2.05) is 46.3 Å². The van der Waals surface area contributed by atoms with Gasteiger partial charge in [-0.3, -0.25) is 4.90 Å². The van der Waals surface area contributed by atoms with Crippen molar-refractivity contribution in [2.24, 2.45) is 5.92 Å². The first-order valence-electron chi connectivity index (χ1n) is 9.19. The number of fused-ring (bicyclic) bond motifs is 1. The second-order valence-corrected chi connectivity index (χ2v) is 8.09. The zero-order valence-corrected chi connectivity index (χ0v) is 17.6. The summed E-state index contributed by atoms with van der Waals surface area (Å²) in [7, 11) is 1.65. The summed E-state index contributed by atoms with van der Waals surface area (Å²) < 4.78 is 7.70. The summed E-state index contributed by atoms with van der Waals surface area (Å²) in [5.74, 6) is 1.76. The predicted molar refractivity (Wildman–Crippen MR) is 111 cm³/mol. The van der Waals surface area contributed by atoms with Gasteiger partial charge in [0.15, 0.2) is 5.65 Å². The van der Waals surface area contributed by atoms with Crippen molar-refractivity contribution >= 4 is 33.4 Å². The molecule has 2 aromatic heterocycles. The van der Waals surface area contributed by atoms with Crippen LogP contribution in [0.15, 0.2) is 47.2 Å². The lowest BCUT2D eigenvalue weighted by Gasteiger charge is -2.25. The number of hydrogen-bond donors (Lipinski definition) is 0. The smallest absolute Gasteiger partial charge is 0.326 e. The van der Waals surface area contributed by atoms with Crippen molar-refractivity contribution < 1.29 is 9.53 Å². The zero-order chi connectivity index (χ0) is 19.8. The number of halogens is 1. The number of anilines is 1. The van der Waals surface area contributed by atoms with Crippen LogP contribution in [-0.4, -0.2) is 45.2 Å². The first-order valence-corrected chi connectivity index (χ1v) is 9.98. The van der Waals surface area contributed by atoms with Crippen LogP contribution in [0.25, 0.3) is 5.65 Å². The van der Waals surface area contributed by atoms with Crippen LogP contribution >= 0.6 is 15.9 Å². The Hall–Kier alpha value is -2.61. The molecule has 1 aromatic carbocycles. The molecule has 3 aromatic rings. The van der Waals surface area contributed by atoms with Crippen LogP contribution in [0.4, 0.5) is 10.6 Å². The molecule has 1 atom stereocenters. The first-order chi connectivity index (χ1) is 13.5. The first kappa shape index (κ1) is 18.7. The molecule has 1 unspecified atom stereocenters. The molecule has 8 heteroatoms. The van der Waals surface area contributed by atoms with E-state index < -0.39 is 0 Å². The van der Waals surface area contributed by atoms with Gasteiger partial charge in [0.2, 0.25) is 0 Å². The lowest BCUT2D eigenvalue weighted by Crippen LogP contribution is -2.38. The van der Waals surface area contributed by atoms with Crippen LogP contribution in [0.2, 0.25) is 0 Å². The predicted octanol–water partition coefficient (Wildman–Crippen LogP) is 3.97. The van der Waals surface area contributed by atoms with Gasteiger partial charge in [-0.2, -0.15) is 5.10 Å². The molecule has 2 amide bonds. The molecular formula is C20H22BrN5O2. The third kappa shape index (κ3) is 3.32. The fourth-order valence-electron chi connectivity index (χ4n) is 3.51. The highest BCUT2D eigenvalue weighted by atomic mass is 79.9. The Bertz CT molecular complexity index is 1000. The van der Waals surface area contributed by atoms with Gasteiger partial charge in [0.25, 0.3) is 0 Å². The monoisotopic (exact) mass is 443 g/mol. The van der Waals surface area contributed by atoms with Crippen LogP contribution in [0.3, 0.4) is 0 Å². The van der Waals surface area contributed by atoms with Gasteiger partial charge in [0.1, 0.15) is 11.6 Å². The van der Waals surface area contributed by atoms with E-state index in [-0.39, 0.29) is 12.1 Å². The lowest BCUT2D eigenvalue weighted by atomic mass is 10.0. The Balaban J connectivity index is 1.63. The Labute approximate surface area is 172 Å². The number of aromatic nitrogens is 3. The van der Waals surface area contributed by atoms with Crippen LogP contribution in [-0.2, 0) is 6.54 Å². The maximum absolute atomic E-state index is 13.3. The maximum atomic E-state index is 13.3. The van der Waals surface area contributed by atoms with Gasteiger partial charge in [-0.1, -0.05) is 26.0 Å². The van der Waals surface area contributed by atoms with Crippen LogP contribution in [0.1, 0.15) is 19.4 Å². The van der Waals surface area contributed by atoms with Crippen molar-refractivity contribution in [1.82, 2.24) is 19.5 Å². The number of urea groups is 1. The minimum atomic E-state index is -0.0259. The third-order valence-corrected chi connectivity index (χ3v) is 5.64. The molecule has 0 bridgehead atoms. The third-order valence-electron chi connectivity index (χ3n) is 5.08. The zero-order valence-electron chi connectivity index (χ0n) is 16.0. The number of methoxy groups -OCH3 is 1. The van der Waals surface area contributed by atoms with E-state index in [2.05, 4.69) is 39.9 Å². The molecule has 0 N–H and O–H groups in total. The molecule has 28 heavy (non-hydrogen) atoms. The molecule has 3 heterocycles. The molecular weight excluding hydrogens is 422 g/mol. The number of benzene rings is 1. The number of amides is 2. The number of hydrogen-bond acceptors (Lipinski definition) is 4. The molecule has 0 aliphatic carbocycles. The fourth-order valence-corrected chi connectivity index (χ4v) is 3.87. The van der Waals surface area contributed by atoms with E-state index >= 15 is 0 Å². The van der Waals surface area contributed by atoms with E-state index in [1.54, 1.807) is 17.8 Å². The second-order valence-electron chi connectivity index (χ2n) is 7.24. The Kier molecular flexibility index (Phi) is 4.97. The Morgan fingerprint density at radius 2 is 2.00 bits per heavy atom. The number of rotatable bonds is 5. The summed E-state index contributed by atoms with van der Waals surface area (Å²) in [6.07, 6.45) is 3.53. The van der Waals surface area contributed by atoms with Crippen molar-refractivity contribution in [3.05, 3.63) is 52.8 Å². The summed E-state index contributed by atoms with van der Waals surface area (Å²) in [5, 5.41) is 4.23. The standard InChI is InChI=1S/C20H22BrN5O2/c1-13(2)17-12-24(11-14-4-6-15(28-3)7-5-14)20(27)26(17)18-8-9-25-19(23-18)16(21)10-22-25/h4-10,13,17H,11-12H2,1-3H3. The molecule has 0 saturated carbocycles. The van der Waals surface area contributed by atoms with Gasteiger partial charge in [-0.05, 0) is 45.6 Å². The van der Waals surface area contributed by atoms with E-state index in [9.17, 15) is 4.79 Å². The average Bonchev–Trinajstić information content (AvgIpc) is 3.23. The summed E-state index contributed by atoms with van der Waals surface area (Å²) in [4.78, 5) is 21.6. The van der Waals surface area contributed by atoms with Gasteiger partial charge < -0.3 is 9.64 Å². The van der Waals surface area contributed by atoms with Crippen LogP contribution in [0.5, 0.6) is 5.75 Å². The Morgan fingerprint density at radius 3 is 2.68 bits per heavy atom. The van der Waals surface area contributed by atoms with Gasteiger partial charge in [-0.15, -0.1) is 0 Å². The van der Waals surface area contributed by atoms with Crippen molar-refractivity contribution in [2.75, 3.05) is 18.6 Å². The average molecular weight is 444 g/mol. The van der Waals surface area contributed by atoms with E-state index in [1.165, 1.54) is 0 Å². The largest absolute Gasteiger partial charge is 0.497 e. The van der Waals surface area contributed by atoms with Crippen molar-refractivity contribution in [3.63, 3.8) is 0 Å². The highest BCUT2D eigenvalue weighted by molar-refractivity contribution is 9.10. The summed E-state index contributed by atoms with van der Waals surface area (Å²) in [5.41, 5.74) is 1.77. The van der Waals surface area contributed by atoms with Crippen molar-refractivity contribution in [1.29, 1.82) is 0 Å². The molecule has 1 fully saturated rings. The van der Waals surface area contributed by atoms with Gasteiger partial charge in [0, 0.05) is 19.3 Å². The topological polar surface area (TPSA) is 63.0 Å². The van der Waals surface area contributed by atoms with Crippen molar-refractivity contribution in [3.8, 4) is 5.75 Å². The molecule has 1 saturated heterocycles. The number of carbonyl (C=O) groups excluding carboxylic acids is 1. The van der Waals surface area contributed by atoms with E-state index in [0.717, 1.165) is 15.8 Å². The normalized spacial score (nSPS) is 17.2. The molecule has 7 nitrogen and oxygen atoms in total. The van der Waals surface area contributed by atoms with Crippen LogP contribution < -0.4 is 9.64 Å². The lowest BCUT2D eigenvalue weighted by molar-refractivity contribution is 0.218. The van der Waals surface area contributed by atoms with Crippen LogP contribution in [0, 0.1) is 5.92 Å². The minimum Gasteiger partial charge on any atom is -0.497 e. The summed E-state index contributed by atoms with van der Waals surface area (Å²) in [6.45, 7) is 5.49. The Morgan fingerprint density at radius 1 is 1.25 bits per heavy atom. The fraction of sp³-hybridized carbons (Fsp3) is 0.350. The maximum Gasteiger partial charge on any atom is 0.326 e. The number of ether oxygens (including phenoxy) is 1. The van der Waals surface area contributed by atoms with E-state index in [0.29, 0.717) is 30.5 Å². The highest BCUT2D eigenvalue weighted by Gasteiger charge is 2.40. The molecule has 0 radical (unpaired) electrons. The SMILES string of the molecule is COc1ccc(CN2CC(C(C)C)N(c3ccn4ncc(Br)c4n3)C2=O)cc1. The van der Waals surface area contributed by atoms with E-state index in [4.69, 9.17) is 4.74 Å². The second kappa shape index (κ2) is 7.43. The minimum absolute atomic E-state index is 0.0259. The van der Waals surface area contributed by atoms with Gasteiger partial charge >= 0.3 is 6.03 Å². The molecule has 1 aliphatic heterocycles. The molecule has 146 valence electrons. The molecule has 4 rings (SSSR count). The van der Waals surface area contributed by atoms with Gasteiger partial charge in [-0.25, -0.2) is 14.3 Å². The summed E-state index contributed by atoms with van der Waals surface area (Å²) >= 11 is 3.47. The summed E-state index contributed by atoms with van der Waals surface area (Å²) in [6, 6.07) is 9.70. The number of carbonyl (C=O) groups is 1. The van der Waals surface area contributed by atoms with Crippen molar-refractivity contribution in [2.45, 2.75) is 26.4 Å². The van der Waals surface area contributed by atoms with Gasteiger partial charge in [0.05, 0.1) is 23.8 Å². The molecule has 0 spiro atoms.